The summed E-state index contributed by atoms with van der Waals surface area (Å²) in [6.45, 7) is 7.63. The molecule has 0 spiro atoms. The van der Waals surface area contributed by atoms with Gasteiger partial charge in [-0.25, -0.2) is 14.5 Å². The molecule has 8 nitrogen and oxygen atoms in total. The Labute approximate surface area is 169 Å². The molecule has 0 aliphatic carbocycles. The van der Waals surface area contributed by atoms with Crippen LogP contribution in [-0.2, 0) is 11.2 Å². The highest BCUT2D eigenvalue weighted by Gasteiger charge is 2.24. The maximum absolute atomic E-state index is 12.9. The molecule has 0 aromatic carbocycles. The number of rotatable bonds is 6. The molecule has 0 saturated heterocycles. The van der Waals surface area contributed by atoms with Gasteiger partial charge in [-0.1, -0.05) is 13.3 Å². The maximum Gasteiger partial charge on any atom is 0.339 e. The van der Waals surface area contributed by atoms with E-state index in [1.54, 1.807) is 29.9 Å². The average Bonchev–Trinajstić information content (AvgIpc) is 3.20. The van der Waals surface area contributed by atoms with Gasteiger partial charge in [-0.15, -0.1) is 0 Å². The quantitative estimate of drug-likeness (QED) is 0.622. The lowest BCUT2D eigenvalue weighted by Crippen LogP contribution is -2.15. The first kappa shape index (κ1) is 20.3. The van der Waals surface area contributed by atoms with Crippen molar-refractivity contribution < 1.29 is 14.3 Å². The number of methoxy groups -OCH3 is 1. The summed E-state index contributed by atoms with van der Waals surface area (Å²) in [5.41, 5.74) is 4.52. The largest absolute Gasteiger partial charge is 0.465 e. The number of esters is 1. The van der Waals surface area contributed by atoms with Gasteiger partial charge in [-0.3, -0.25) is 4.79 Å². The number of anilines is 1. The zero-order chi connectivity index (χ0) is 21.1. The van der Waals surface area contributed by atoms with Crippen LogP contribution in [0.4, 0.5) is 5.69 Å². The normalized spacial score (nSPS) is 10.8. The van der Waals surface area contributed by atoms with Crippen LogP contribution in [0.2, 0.25) is 0 Å². The molecule has 3 aromatic rings. The summed E-state index contributed by atoms with van der Waals surface area (Å²) < 4.78 is 6.62. The Morgan fingerprint density at radius 3 is 2.55 bits per heavy atom. The number of ether oxygens (including phenoxy) is 1. The number of pyridine rings is 1. The zero-order valence-corrected chi connectivity index (χ0v) is 17.3. The van der Waals surface area contributed by atoms with Crippen molar-refractivity contribution >= 4 is 17.6 Å². The first-order valence-electron chi connectivity index (χ1n) is 9.46. The van der Waals surface area contributed by atoms with Gasteiger partial charge >= 0.3 is 5.97 Å². The number of nitrogens with one attached hydrogen (secondary N) is 2. The minimum absolute atomic E-state index is 0.327. The molecule has 0 saturated carbocycles. The van der Waals surface area contributed by atoms with Crippen molar-refractivity contribution in [1.29, 1.82) is 0 Å². The molecule has 0 fully saturated rings. The van der Waals surface area contributed by atoms with Gasteiger partial charge in [0.05, 0.1) is 30.3 Å². The van der Waals surface area contributed by atoms with E-state index >= 15 is 0 Å². The molecule has 3 rings (SSSR count). The molecule has 0 atom stereocenters. The number of H-pyrrole nitrogens is 1. The van der Waals surface area contributed by atoms with Gasteiger partial charge in [-0.2, -0.15) is 5.10 Å². The van der Waals surface area contributed by atoms with Crippen LogP contribution < -0.4 is 5.32 Å². The topological polar surface area (TPSA) is 102 Å². The molecule has 1 amide bonds. The van der Waals surface area contributed by atoms with E-state index in [1.165, 1.54) is 7.11 Å². The summed E-state index contributed by atoms with van der Waals surface area (Å²) in [6.07, 6.45) is 2.97. The van der Waals surface area contributed by atoms with Crippen LogP contribution in [0, 0.1) is 20.8 Å². The number of carbonyl (C=O) groups is 2. The average molecular weight is 395 g/mol. The molecule has 0 bridgehead atoms. The Hall–Kier alpha value is -3.42. The standard InChI is InChI=1S/C21H25N5O3/c1-6-7-16-18(21(28)29-5)14(4)23-19(16)20(27)24-15-8-9-17(22-11-15)26-13(3)10-12(2)25-26/h8-11,23H,6-7H2,1-5H3,(H,24,27). The summed E-state index contributed by atoms with van der Waals surface area (Å²) in [5.74, 6) is -0.103. The molecular weight excluding hydrogens is 370 g/mol. The first-order valence-corrected chi connectivity index (χ1v) is 9.46. The highest BCUT2D eigenvalue weighted by atomic mass is 16.5. The van der Waals surface area contributed by atoms with Crippen molar-refractivity contribution in [2.75, 3.05) is 12.4 Å². The molecule has 29 heavy (non-hydrogen) atoms. The molecule has 0 aliphatic rings. The van der Waals surface area contributed by atoms with Crippen LogP contribution in [0.25, 0.3) is 5.82 Å². The highest BCUT2D eigenvalue weighted by molar-refractivity contribution is 6.06. The molecular formula is C21H25N5O3. The van der Waals surface area contributed by atoms with Gasteiger partial charge in [0, 0.05) is 11.4 Å². The minimum atomic E-state index is -0.447. The SMILES string of the molecule is CCCc1c(C(=O)Nc2ccc(-n3nc(C)cc3C)nc2)[nH]c(C)c1C(=O)OC. The van der Waals surface area contributed by atoms with Gasteiger partial charge in [0.15, 0.2) is 5.82 Å². The van der Waals surface area contributed by atoms with Crippen molar-refractivity contribution in [2.45, 2.75) is 40.5 Å². The second-order valence-electron chi connectivity index (χ2n) is 6.92. The van der Waals surface area contributed by atoms with Crippen LogP contribution in [0.5, 0.6) is 0 Å². The Kier molecular flexibility index (Phi) is 5.81. The van der Waals surface area contributed by atoms with E-state index in [4.69, 9.17) is 4.74 Å². The zero-order valence-electron chi connectivity index (χ0n) is 17.3. The van der Waals surface area contributed by atoms with Crippen molar-refractivity contribution in [2.24, 2.45) is 0 Å². The van der Waals surface area contributed by atoms with Crippen LogP contribution in [0.3, 0.4) is 0 Å². The molecule has 8 heteroatoms. The Bertz CT molecular complexity index is 1050. The van der Waals surface area contributed by atoms with E-state index in [0.29, 0.717) is 40.4 Å². The summed E-state index contributed by atoms with van der Waals surface area (Å²) in [5, 5.41) is 7.24. The summed E-state index contributed by atoms with van der Waals surface area (Å²) in [6, 6.07) is 5.54. The molecule has 0 unspecified atom stereocenters. The first-order chi connectivity index (χ1) is 13.8. The smallest absolute Gasteiger partial charge is 0.339 e. The second kappa shape index (κ2) is 8.30. The van der Waals surface area contributed by atoms with E-state index in [2.05, 4.69) is 20.4 Å². The van der Waals surface area contributed by atoms with Gasteiger partial charge in [0.1, 0.15) is 5.69 Å². The number of hydrogen-bond acceptors (Lipinski definition) is 5. The lowest BCUT2D eigenvalue weighted by molar-refractivity contribution is 0.0599. The summed E-state index contributed by atoms with van der Waals surface area (Å²) in [4.78, 5) is 32.4. The molecule has 0 aliphatic heterocycles. The number of hydrogen-bond donors (Lipinski definition) is 2. The van der Waals surface area contributed by atoms with E-state index in [-0.39, 0.29) is 5.91 Å². The van der Waals surface area contributed by atoms with Gasteiger partial charge in [-0.05, 0) is 51.0 Å². The molecule has 2 N–H and O–H groups in total. The Balaban J connectivity index is 1.85. The van der Waals surface area contributed by atoms with Crippen LogP contribution in [0.1, 0.15) is 56.8 Å². The van der Waals surface area contributed by atoms with Crippen molar-refractivity contribution in [1.82, 2.24) is 19.7 Å². The van der Waals surface area contributed by atoms with Crippen LogP contribution in [-0.4, -0.2) is 38.7 Å². The van der Waals surface area contributed by atoms with E-state index < -0.39 is 5.97 Å². The van der Waals surface area contributed by atoms with Gasteiger partial charge < -0.3 is 15.0 Å². The number of aromatic amines is 1. The lowest BCUT2D eigenvalue weighted by atomic mass is 10.0. The number of amides is 1. The molecule has 3 aromatic heterocycles. The predicted octanol–water partition coefficient (Wildman–Crippen LogP) is 3.51. The van der Waals surface area contributed by atoms with Crippen molar-refractivity contribution in [3.8, 4) is 5.82 Å². The van der Waals surface area contributed by atoms with E-state index in [1.807, 2.05) is 26.8 Å². The molecule has 152 valence electrons. The third kappa shape index (κ3) is 4.06. The third-order valence-electron chi connectivity index (χ3n) is 4.64. The van der Waals surface area contributed by atoms with Crippen molar-refractivity contribution in [3.63, 3.8) is 0 Å². The van der Waals surface area contributed by atoms with E-state index in [0.717, 1.165) is 17.8 Å². The number of aromatic nitrogens is 4. The fourth-order valence-electron chi connectivity index (χ4n) is 3.39. The minimum Gasteiger partial charge on any atom is -0.465 e. The second-order valence-corrected chi connectivity index (χ2v) is 6.92. The van der Waals surface area contributed by atoms with Crippen LogP contribution >= 0.6 is 0 Å². The molecule has 3 heterocycles. The number of carbonyl (C=O) groups excluding carboxylic acids is 2. The van der Waals surface area contributed by atoms with Gasteiger partial charge in [0.2, 0.25) is 0 Å². The summed E-state index contributed by atoms with van der Waals surface area (Å²) in [7, 11) is 1.33. The van der Waals surface area contributed by atoms with Gasteiger partial charge in [0.25, 0.3) is 5.91 Å². The van der Waals surface area contributed by atoms with Crippen molar-refractivity contribution in [3.05, 3.63) is 58.3 Å². The fourth-order valence-corrected chi connectivity index (χ4v) is 3.39. The highest BCUT2D eigenvalue weighted by Crippen LogP contribution is 2.23. The Morgan fingerprint density at radius 2 is 2.00 bits per heavy atom. The monoisotopic (exact) mass is 395 g/mol. The third-order valence-corrected chi connectivity index (χ3v) is 4.64. The van der Waals surface area contributed by atoms with Crippen LogP contribution in [0.15, 0.2) is 24.4 Å². The lowest BCUT2D eigenvalue weighted by Gasteiger charge is -2.08. The Morgan fingerprint density at radius 1 is 1.24 bits per heavy atom. The molecule has 0 radical (unpaired) electrons. The maximum atomic E-state index is 12.9. The van der Waals surface area contributed by atoms with E-state index in [9.17, 15) is 9.59 Å². The number of aryl methyl sites for hydroxylation is 3. The predicted molar refractivity (Wildman–Crippen MR) is 110 cm³/mol. The fraction of sp³-hybridized carbons (Fsp3) is 0.333. The summed E-state index contributed by atoms with van der Waals surface area (Å²) >= 11 is 0. The number of nitrogens with zero attached hydrogens (tertiary/aromatic N) is 3.